The lowest BCUT2D eigenvalue weighted by Gasteiger charge is -2.26. The Morgan fingerprint density at radius 3 is 2.44 bits per heavy atom. The average molecular weight is 249 g/mol. The number of nitrogens with one attached hydrogen (secondary N) is 1. The second kappa shape index (κ2) is 7.91. The summed E-state index contributed by atoms with van der Waals surface area (Å²) < 4.78 is 0. The Bertz CT molecular complexity index is 203. The summed E-state index contributed by atoms with van der Waals surface area (Å²) in [6.45, 7) is 5.06. The molecule has 1 fully saturated rings. The van der Waals surface area contributed by atoms with Crippen molar-refractivity contribution in [1.82, 2.24) is 5.32 Å². The van der Waals surface area contributed by atoms with E-state index >= 15 is 0 Å². The number of hydrogen-bond donors (Lipinski definition) is 2. The largest absolute Gasteiger partial charge is 0.354 e. The predicted molar refractivity (Wildman–Crippen MR) is 69.6 cm³/mol. The van der Waals surface area contributed by atoms with Crippen molar-refractivity contribution in [2.45, 2.75) is 52.0 Å². The van der Waals surface area contributed by atoms with Crippen molar-refractivity contribution in [2.24, 2.45) is 17.6 Å². The van der Waals surface area contributed by atoms with Crippen LogP contribution in [0.3, 0.4) is 0 Å². The second-order valence-corrected chi connectivity index (χ2v) is 4.89. The highest BCUT2D eigenvalue weighted by Crippen LogP contribution is 2.27. The molecule has 4 heteroatoms. The molecule has 0 radical (unpaired) electrons. The minimum Gasteiger partial charge on any atom is -0.354 e. The lowest BCUT2D eigenvalue weighted by molar-refractivity contribution is -0.122. The van der Waals surface area contributed by atoms with Crippen molar-refractivity contribution < 1.29 is 4.79 Å². The average Bonchev–Trinajstić information content (AvgIpc) is 2.26. The van der Waals surface area contributed by atoms with Crippen LogP contribution in [0.2, 0.25) is 0 Å². The molecule has 1 aliphatic rings. The first kappa shape index (κ1) is 15.7. The molecule has 3 N–H and O–H groups in total. The third kappa shape index (κ3) is 5.17. The Morgan fingerprint density at radius 2 is 1.94 bits per heavy atom. The normalized spacial score (nSPS) is 26.7. The quantitative estimate of drug-likeness (QED) is 0.801. The number of amides is 1. The van der Waals surface area contributed by atoms with Gasteiger partial charge in [-0.3, -0.25) is 4.79 Å². The molecule has 0 spiro atoms. The summed E-state index contributed by atoms with van der Waals surface area (Å²) in [5, 5.41) is 2.95. The van der Waals surface area contributed by atoms with Gasteiger partial charge in [0.1, 0.15) is 0 Å². The van der Waals surface area contributed by atoms with Gasteiger partial charge in [0.05, 0.1) is 6.04 Å². The molecule has 0 bridgehead atoms. The molecule has 3 nitrogen and oxygen atoms in total. The zero-order valence-electron chi connectivity index (χ0n) is 10.4. The lowest BCUT2D eigenvalue weighted by Crippen LogP contribution is -2.42. The van der Waals surface area contributed by atoms with Gasteiger partial charge in [-0.15, -0.1) is 12.4 Å². The van der Waals surface area contributed by atoms with Crippen LogP contribution in [0.5, 0.6) is 0 Å². The maximum absolute atomic E-state index is 11.4. The van der Waals surface area contributed by atoms with Gasteiger partial charge in [0.2, 0.25) is 5.91 Å². The molecule has 1 saturated carbocycles. The third-order valence-electron chi connectivity index (χ3n) is 3.48. The van der Waals surface area contributed by atoms with Crippen LogP contribution in [-0.2, 0) is 4.79 Å². The molecular formula is C12H25ClN2O. The highest BCUT2D eigenvalue weighted by molar-refractivity contribution is 5.85. The molecule has 16 heavy (non-hydrogen) atoms. The van der Waals surface area contributed by atoms with Crippen LogP contribution in [0.15, 0.2) is 0 Å². The molecule has 1 rings (SSSR count). The van der Waals surface area contributed by atoms with E-state index < -0.39 is 0 Å². The van der Waals surface area contributed by atoms with Crippen LogP contribution in [-0.4, -0.2) is 18.5 Å². The van der Waals surface area contributed by atoms with Crippen molar-refractivity contribution in [1.29, 1.82) is 0 Å². The van der Waals surface area contributed by atoms with E-state index in [1.54, 1.807) is 0 Å². The molecule has 0 aliphatic heterocycles. The van der Waals surface area contributed by atoms with Crippen LogP contribution < -0.4 is 11.1 Å². The van der Waals surface area contributed by atoms with Gasteiger partial charge in [-0.05, 0) is 31.1 Å². The number of nitrogens with two attached hydrogens (primary N) is 1. The number of carbonyl (C=O) groups is 1. The molecule has 1 amide bonds. The van der Waals surface area contributed by atoms with Gasteiger partial charge in [-0.25, -0.2) is 0 Å². The zero-order valence-corrected chi connectivity index (χ0v) is 11.2. The summed E-state index contributed by atoms with van der Waals surface area (Å²) >= 11 is 0. The number of rotatable bonds is 4. The van der Waals surface area contributed by atoms with Gasteiger partial charge in [0.15, 0.2) is 0 Å². The van der Waals surface area contributed by atoms with Gasteiger partial charge >= 0.3 is 0 Å². The van der Waals surface area contributed by atoms with E-state index in [1.165, 1.54) is 25.7 Å². The monoisotopic (exact) mass is 248 g/mol. The van der Waals surface area contributed by atoms with E-state index in [4.69, 9.17) is 5.73 Å². The topological polar surface area (TPSA) is 55.1 Å². The standard InChI is InChI=1S/C12H24N2O.ClH/c1-3-11(13)12(15)14-8-10-6-4-9(2)5-7-10;/h9-11H,3-8,13H2,1-2H3,(H,14,15);1H/t9?,10?,11-;/m0./s1. The van der Waals surface area contributed by atoms with Gasteiger partial charge in [-0.1, -0.05) is 26.7 Å². The van der Waals surface area contributed by atoms with E-state index in [2.05, 4.69) is 12.2 Å². The van der Waals surface area contributed by atoms with E-state index in [0.717, 1.165) is 12.5 Å². The van der Waals surface area contributed by atoms with E-state index in [-0.39, 0.29) is 24.4 Å². The van der Waals surface area contributed by atoms with Crippen LogP contribution in [0.25, 0.3) is 0 Å². The van der Waals surface area contributed by atoms with E-state index in [1.807, 2.05) is 6.92 Å². The predicted octanol–water partition coefficient (Wildman–Crippen LogP) is 2.09. The molecule has 0 unspecified atom stereocenters. The fourth-order valence-electron chi connectivity index (χ4n) is 2.09. The summed E-state index contributed by atoms with van der Waals surface area (Å²) in [5.74, 6) is 1.56. The molecule has 1 aliphatic carbocycles. The first-order valence-corrected chi connectivity index (χ1v) is 6.16. The first-order valence-electron chi connectivity index (χ1n) is 6.16. The fraction of sp³-hybridized carbons (Fsp3) is 0.917. The Balaban J connectivity index is 0.00000225. The highest BCUT2D eigenvalue weighted by Gasteiger charge is 2.19. The summed E-state index contributed by atoms with van der Waals surface area (Å²) in [7, 11) is 0. The Hall–Kier alpha value is -0.280. The van der Waals surface area contributed by atoms with E-state index in [0.29, 0.717) is 12.3 Å². The zero-order chi connectivity index (χ0) is 11.3. The smallest absolute Gasteiger partial charge is 0.236 e. The number of halogens is 1. The van der Waals surface area contributed by atoms with E-state index in [9.17, 15) is 4.79 Å². The lowest BCUT2D eigenvalue weighted by atomic mass is 9.83. The fourth-order valence-corrected chi connectivity index (χ4v) is 2.09. The molecule has 1 atom stereocenters. The molecule has 0 aromatic carbocycles. The first-order chi connectivity index (χ1) is 7.13. The van der Waals surface area contributed by atoms with Gasteiger partial charge in [0.25, 0.3) is 0 Å². The van der Waals surface area contributed by atoms with Crippen LogP contribution >= 0.6 is 12.4 Å². The molecule has 0 aromatic rings. The SMILES string of the molecule is CC[C@H](N)C(=O)NCC1CCC(C)CC1.Cl. The second-order valence-electron chi connectivity index (χ2n) is 4.89. The van der Waals surface area contributed by atoms with Gasteiger partial charge < -0.3 is 11.1 Å². The molecular weight excluding hydrogens is 224 g/mol. The summed E-state index contributed by atoms with van der Waals surface area (Å²) in [6, 6.07) is -0.326. The highest BCUT2D eigenvalue weighted by atomic mass is 35.5. The van der Waals surface area contributed by atoms with Gasteiger partial charge in [-0.2, -0.15) is 0 Å². The number of hydrogen-bond acceptors (Lipinski definition) is 2. The van der Waals surface area contributed by atoms with Crippen molar-refractivity contribution in [3.8, 4) is 0 Å². The minimum atomic E-state index is -0.326. The Kier molecular flexibility index (Phi) is 7.77. The maximum atomic E-state index is 11.4. The summed E-state index contributed by atoms with van der Waals surface area (Å²) in [5.41, 5.74) is 5.64. The summed E-state index contributed by atoms with van der Waals surface area (Å²) in [4.78, 5) is 11.4. The maximum Gasteiger partial charge on any atom is 0.236 e. The third-order valence-corrected chi connectivity index (χ3v) is 3.48. The Morgan fingerprint density at radius 1 is 1.38 bits per heavy atom. The van der Waals surface area contributed by atoms with Crippen molar-refractivity contribution in [3.05, 3.63) is 0 Å². The molecule has 0 saturated heterocycles. The minimum absolute atomic E-state index is 0. The van der Waals surface area contributed by atoms with Crippen molar-refractivity contribution >= 4 is 18.3 Å². The van der Waals surface area contributed by atoms with Crippen molar-refractivity contribution in [2.75, 3.05) is 6.54 Å². The van der Waals surface area contributed by atoms with Crippen LogP contribution in [0.1, 0.15) is 46.0 Å². The van der Waals surface area contributed by atoms with Crippen LogP contribution in [0.4, 0.5) is 0 Å². The Labute approximate surface area is 105 Å². The van der Waals surface area contributed by atoms with Crippen molar-refractivity contribution in [3.63, 3.8) is 0 Å². The van der Waals surface area contributed by atoms with Crippen LogP contribution in [0, 0.1) is 11.8 Å². The molecule has 0 heterocycles. The number of carbonyl (C=O) groups excluding carboxylic acids is 1. The van der Waals surface area contributed by atoms with Gasteiger partial charge in [0, 0.05) is 6.54 Å². The molecule has 96 valence electrons. The molecule has 0 aromatic heterocycles. The summed E-state index contributed by atoms with van der Waals surface area (Å²) in [6.07, 6.45) is 5.83.